The van der Waals surface area contributed by atoms with E-state index >= 15 is 0 Å². The summed E-state index contributed by atoms with van der Waals surface area (Å²) in [6, 6.07) is 3.03. The Kier molecular flexibility index (Phi) is 3.65. The minimum absolute atomic E-state index is 0. The molecule has 0 unspecified atom stereocenters. The summed E-state index contributed by atoms with van der Waals surface area (Å²) in [5, 5.41) is 0. The van der Waals surface area contributed by atoms with E-state index in [-0.39, 0.29) is 21.7 Å². The Morgan fingerprint density at radius 2 is 1.86 bits per heavy atom. The Hall–Kier alpha value is -0.886. The standard InChI is InChI=1S/C10H7F2N.Ti/c11-8-3-4-10(9(12)7-8)13-5-1-2-6-13;/h1-6,10H;/t10-;/m0./s1. The maximum atomic E-state index is 13.1. The van der Waals surface area contributed by atoms with Crippen LogP contribution in [0, 0.1) is 0 Å². The molecule has 0 spiro atoms. The van der Waals surface area contributed by atoms with Crippen LogP contribution in [-0.2, 0) is 21.7 Å². The van der Waals surface area contributed by atoms with Crippen LogP contribution in [0.15, 0.2) is 54.1 Å². The van der Waals surface area contributed by atoms with Crippen molar-refractivity contribution >= 4 is 0 Å². The molecule has 1 aromatic rings. The third-order valence-corrected chi connectivity index (χ3v) is 1.87. The van der Waals surface area contributed by atoms with Crippen LogP contribution in [0.4, 0.5) is 8.78 Å². The Bertz CT molecular complexity index is 400. The molecule has 0 saturated carbocycles. The van der Waals surface area contributed by atoms with Gasteiger partial charge in [0.1, 0.15) is 6.04 Å². The predicted octanol–water partition coefficient (Wildman–Crippen LogP) is 2.90. The van der Waals surface area contributed by atoms with Crippen LogP contribution in [0.2, 0.25) is 0 Å². The van der Waals surface area contributed by atoms with Crippen LogP contribution in [-0.4, -0.2) is 4.57 Å². The molecule has 70 valence electrons. The predicted molar refractivity (Wildman–Crippen MR) is 45.4 cm³/mol. The van der Waals surface area contributed by atoms with Gasteiger partial charge in [0.2, 0.25) is 0 Å². The molecular formula is C10H7F2NTi. The molecule has 1 aliphatic rings. The third-order valence-electron chi connectivity index (χ3n) is 1.87. The van der Waals surface area contributed by atoms with Gasteiger partial charge in [-0.2, -0.15) is 8.78 Å². The molecule has 14 heavy (non-hydrogen) atoms. The zero-order valence-electron chi connectivity index (χ0n) is 7.24. The number of hydrogen-bond acceptors (Lipinski definition) is 0. The van der Waals surface area contributed by atoms with Gasteiger partial charge in [-0.15, -0.1) is 0 Å². The molecule has 1 nitrogen and oxygen atoms in total. The molecule has 0 saturated heterocycles. The Morgan fingerprint density at radius 3 is 2.43 bits per heavy atom. The molecule has 1 heterocycles. The first-order valence-corrected chi connectivity index (χ1v) is 3.90. The molecule has 0 radical (unpaired) electrons. The SMILES string of the molecule is FC1=C=C(F)[C@@H](n2cccc2)C=C1.[Ti]. The summed E-state index contributed by atoms with van der Waals surface area (Å²) in [5.74, 6) is -1.27. The molecule has 1 aromatic heterocycles. The van der Waals surface area contributed by atoms with Crippen molar-refractivity contribution in [3.63, 3.8) is 0 Å². The first-order valence-electron chi connectivity index (χ1n) is 3.90. The minimum Gasteiger partial charge on any atom is -0.340 e. The molecule has 0 aromatic carbocycles. The van der Waals surface area contributed by atoms with Gasteiger partial charge in [0.05, 0.1) is 0 Å². The van der Waals surface area contributed by atoms with Crippen molar-refractivity contribution in [3.8, 4) is 0 Å². The zero-order valence-corrected chi connectivity index (χ0v) is 8.81. The van der Waals surface area contributed by atoms with Crippen LogP contribution < -0.4 is 0 Å². The van der Waals surface area contributed by atoms with Crippen LogP contribution >= 0.6 is 0 Å². The van der Waals surface area contributed by atoms with Crippen LogP contribution in [0.5, 0.6) is 0 Å². The number of nitrogens with zero attached hydrogens (tertiary/aromatic N) is 1. The number of rotatable bonds is 1. The molecule has 0 amide bonds. The monoisotopic (exact) mass is 227 g/mol. The smallest absolute Gasteiger partial charge is 0.172 e. The van der Waals surface area contributed by atoms with Gasteiger partial charge in [-0.3, -0.25) is 0 Å². The quantitative estimate of drug-likeness (QED) is 0.513. The number of allylic oxidation sites excluding steroid dienone is 3. The molecule has 0 aliphatic heterocycles. The second-order valence-corrected chi connectivity index (χ2v) is 2.76. The summed E-state index contributed by atoms with van der Waals surface area (Å²) in [6.07, 6.45) is 6.12. The number of aromatic nitrogens is 1. The van der Waals surface area contributed by atoms with E-state index in [2.05, 4.69) is 0 Å². The van der Waals surface area contributed by atoms with Crippen molar-refractivity contribution in [3.05, 3.63) is 54.1 Å². The van der Waals surface area contributed by atoms with E-state index in [4.69, 9.17) is 0 Å². The van der Waals surface area contributed by atoms with Gasteiger partial charge in [0.15, 0.2) is 11.7 Å². The van der Waals surface area contributed by atoms with Gasteiger partial charge in [-0.1, -0.05) is 6.08 Å². The second-order valence-electron chi connectivity index (χ2n) is 2.76. The van der Waals surface area contributed by atoms with Crippen molar-refractivity contribution in [2.45, 2.75) is 6.04 Å². The molecular weight excluding hydrogens is 220 g/mol. The Labute approximate surface area is 95.3 Å². The summed E-state index contributed by atoms with van der Waals surface area (Å²) in [5.41, 5.74) is 2.01. The number of hydrogen-bond donors (Lipinski definition) is 0. The fourth-order valence-corrected chi connectivity index (χ4v) is 1.25. The fraction of sp³-hybridized carbons (Fsp3) is 0.100. The van der Waals surface area contributed by atoms with E-state index in [1.54, 1.807) is 29.1 Å². The van der Waals surface area contributed by atoms with Gasteiger partial charge < -0.3 is 4.57 Å². The Balaban J connectivity index is 0.000000980. The summed E-state index contributed by atoms with van der Waals surface area (Å²) in [4.78, 5) is 0. The first-order chi connectivity index (χ1) is 6.27. The average molecular weight is 227 g/mol. The maximum absolute atomic E-state index is 13.1. The van der Waals surface area contributed by atoms with Crippen LogP contribution in [0.25, 0.3) is 0 Å². The van der Waals surface area contributed by atoms with E-state index < -0.39 is 17.7 Å². The second kappa shape index (κ2) is 4.56. The minimum atomic E-state index is -0.666. The fourth-order valence-electron chi connectivity index (χ4n) is 1.25. The van der Waals surface area contributed by atoms with Crippen molar-refractivity contribution < 1.29 is 30.5 Å². The van der Waals surface area contributed by atoms with Gasteiger partial charge >= 0.3 is 0 Å². The van der Waals surface area contributed by atoms with E-state index in [9.17, 15) is 8.78 Å². The summed E-state index contributed by atoms with van der Waals surface area (Å²) in [6.45, 7) is 0. The van der Waals surface area contributed by atoms with Crippen LogP contribution in [0.3, 0.4) is 0 Å². The van der Waals surface area contributed by atoms with Crippen molar-refractivity contribution in [2.75, 3.05) is 0 Å². The van der Waals surface area contributed by atoms with Crippen molar-refractivity contribution in [1.29, 1.82) is 0 Å². The Morgan fingerprint density at radius 1 is 1.21 bits per heavy atom. The largest absolute Gasteiger partial charge is 0.340 e. The summed E-state index contributed by atoms with van der Waals surface area (Å²) < 4.78 is 27.3. The zero-order chi connectivity index (χ0) is 9.26. The molecule has 0 fully saturated rings. The molecule has 4 heteroatoms. The van der Waals surface area contributed by atoms with Crippen molar-refractivity contribution in [2.24, 2.45) is 0 Å². The van der Waals surface area contributed by atoms with Crippen LogP contribution in [0.1, 0.15) is 6.04 Å². The molecule has 2 rings (SSSR count). The molecule has 0 N–H and O–H groups in total. The van der Waals surface area contributed by atoms with E-state index in [1.807, 2.05) is 5.73 Å². The first kappa shape index (κ1) is 11.2. The molecule has 1 aliphatic carbocycles. The normalized spacial score (nSPS) is 19.7. The molecule has 0 bridgehead atoms. The maximum Gasteiger partial charge on any atom is 0.172 e. The van der Waals surface area contributed by atoms with E-state index in [0.717, 1.165) is 0 Å². The van der Waals surface area contributed by atoms with Gasteiger partial charge in [0, 0.05) is 34.1 Å². The summed E-state index contributed by atoms with van der Waals surface area (Å²) >= 11 is 0. The average Bonchev–Trinajstić information content (AvgIpc) is 2.56. The van der Waals surface area contributed by atoms with Gasteiger partial charge in [-0.05, 0) is 23.9 Å². The number of halogens is 2. The molecule has 1 atom stereocenters. The van der Waals surface area contributed by atoms with E-state index in [1.165, 1.54) is 12.2 Å². The van der Waals surface area contributed by atoms with E-state index in [0.29, 0.717) is 0 Å². The van der Waals surface area contributed by atoms with Crippen molar-refractivity contribution in [1.82, 2.24) is 4.57 Å². The van der Waals surface area contributed by atoms with Gasteiger partial charge in [-0.25, -0.2) is 0 Å². The topological polar surface area (TPSA) is 4.93 Å². The summed E-state index contributed by atoms with van der Waals surface area (Å²) in [7, 11) is 0. The van der Waals surface area contributed by atoms with Gasteiger partial charge in [0.25, 0.3) is 0 Å². The third kappa shape index (κ3) is 2.13.